The van der Waals surface area contributed by atoms with E-state index in [-0.39, 0.29) is 12.4 Å². The van der Waals surface area contributed by atoms with E-state index in [0.29, 0.717) is 0 Å². The SMILES string of the molecule is CC[NH+]1C=CN(CCc2ccccc2)C1.[Cl-]. The second kappa shape index (κ2) is 6.56. The third-order valence-electron chi connectivity index (χ3n) is 2.91. The number of benzene rings is 1. The fourth-order valence-corrected chi connectivity index (χ4v) is 1.88. The predicted molar refractivity (Wildman–Crippen MR) is 62.4 cm³/mol. The number of quaternary nitrogens is 1. The molecule has 1 N–H and O–H groups in total. The highest BCUT2D eigenvalue weighted by Crippen LogP contribution is 2.01. The quantitative estimate of drug-likeness (QED) is 0.631. The van der Waals surface area contributed by atoms with E-state index in [9.17, 15) is 0 Å². The maximum atomic E-state index is 2.39. The lowest BCUT2D eigenvalue weighted by atomic mass is 10.1. The molecule has 88 valence electrons. The fraction of sp³-hybridized carbons (Fsp3) is 0.385. The lowest BCUT2D eigenvalue weighted by molar-refractivity contribution is -0.846. The lowest BCUT2D eigenvalue weighted by Gasteiger charge is -2.15. The van der Waals surface area contributed by atoms with Gasteiger partial charge in [-0.3, -0.25) is 4.90 Å². The van der Waals surface area contributed by atoms with Crippen LogP contribution in [0.2, 0.25) is 0 Å². The van der Waals surface area contributed by atoms with Crippen molar-refractivity contribution in [2.24, 2.45) is 0 Å². The molecular weight excluding hydrogens is 220 g/mol. The molecule has 0 saturated carbocycles. The third-order valence-corrected chi connectivity index (χ3v) is 2.91. The summed E-state index contributed by atoms with van der Waals surface area (Å²) in [6.45, 7) is 5.66. The molecule has 0 aliphatic carbocycles. The summed E-state index contributed by atoms with van der Waals surface area (Å²) in [5, 5.41) is 0. The van der Waals surface area contributed by atoms with Gasteiger partial charge in [-0.2, -0.15) is 0 Å². The van der Waals surface area contributed by atoms with Crippen LogP contribution in [0.15, 0.2) is 42.7 Å². The van der Waals surface area contributed by atoms with Crippen molar-refractivity contribution < 1.29 is 17.3 Å². The average molecular weight is 239 g/mol. The van der Waals surface area contributed by atoms with Gasteiger partial charge in [0.1, 0.15) is 6.20 Å². The summed E-state index contributed by atoms with van der Waals surface area (Å²) in [5.74, 6) is 0. The molecule has 1 heterocycles. The van der Waals surface area contributed by atoms with Crippen LogP contribution in [0.3, 0.4) is 0 Å². The summed E-state index contributed by atoms with van der Waals surface area (Å²) in [7, 11) is 0. The molecular formula is C13H19ClN2. The molecule has 16 heavy (non-hydrogen) atoms. The summed E-state index contributed by atoms with van der Waals surface area (Å²) >= 11 is 0. The van der Waals surface area contributed by atoms with Crippen LogP contribution < -0.4 is 17.3 Å². The molecule has 2 rings (SSSR count). The normalized spacial score (nSPS) is 18.6. The van der Waals surface area contributed by atoms with Crippen molar-refractivity contribution >= 4 is 0 Å². The topological polar surface area (TPSA) is 7.68 Å². The lowest BCUT2D eigenvalue weighted by Crippen LogP contribution is -3.06. The van der Waals surface area contributed by atoms with E-state index in [1.54, 1.807) is 4.90 Å². The molecule has 1 aromatic rings. The van der Waals surface area contributed by atoms with Crippen molar-refractivity contribution in [1.82, 2.24) is 4.90 Å². The van der Waals surface area contributed by atoms with Gasteiger partial charge in [0.15, 0.2) is 6.67 Å². The average Bonchev–Trinajstić information content (AvgIpc) is 2.76. The Morgan fingerprint density at radius 3 is 2.62 bits per heavy atom. The summed E-state index contributed by atoms with van der Waals surface area (Å²) in [6, 6.07) is 10.7. The van der Waals surface area contributed by atoms with E-state index >= 15 is 0 Å². The Bertz CT molecular complexity index is 324. The second-order valence-corrected chi connectivity index (χ2v) is 4.03. The first-order valence-electron chi connectivity index (χ1n) is 5.69. The Hall–Kier alpha value is -0.990. The molecule has 1 aliphatic rings. The van der Waals surface area contributed by atoms with Gasteiger partial charge in [0.25, 0.3) is 0 Å². The number of rotatable bonds is 4. The van der Waals surface area contributed by atoms with Crippen LogP contribution in [0.1, 0.15) is 12.5 Å². The van der Waals surface area contributed by atoms with E-state index in [0.717, 1.165) is 19.6 Å². The fourth-order valence-electron chi connectivity index (χ4n) is 1.88. The van der Waals surface area contributed by atoms with E-state index in [1.165, 1.54) is 12.1 Å². The molecule has 1 atom stereocenters. The Morgan fingerprint density at radius 1 is 1.25 bits per heavy atom. The van der Waals surface area contributed by atoms with Gasteiger partial charge in [-0.15, -0.1) is 0 Å². The molecule has 2 nitrogen and oxygen atoms in total. The minimum absolute atomic E-state index is 0. The minimum Gasteiger partial charge on any atom is -1.00 e. The Morgan fingerprint density at radius 2 is 2.00 bits per heavy atom. The van der Waals surface area contributed by atoms with Crippen molar-refractivity contribution in [2.45, 2.75) is 13.3 Å². The van der Waals surface area contributed by atoms with Crippen LogP contribution in [0.5, 0.6) is 0 Å². The monoisotopic (exact) mass is 238 g/mol. The maximum absolute atomic E-state index is 2.39. The number of hydrogen-bond acceptors (Lipinski definition) is 1. The molecule has 0 bridgehead atoms. The first kappa shape index (κ1) is 13.1. The Balaban J connectivity index is 0.00000128. The van der Waals surface area contributed by atoms with Gasteiger partial charge in [0.2, 0.25) is 0 Å². The van der Waals surface area contributed by atoms with Gasteiger partial charge in [0, 0.05) is 6.54 Å². The van der Waals surface area contributed by atoms with E-state index < -0.39 is 0 Å². The molecule has 0 amide bonds. The second-order valence-electron chi connectivity index (χ2n) is 4.03. The molecule has 0 fully saturated rings. The highest BCUT2D eigenvalue weighted by Gasteiger charge is 2.13. The van der Waals surface area contributed by atoms with Crippen molar-refractivity contribution in [3.05, 3.63) is 48.3 Å². The molecule has 1 aliphatic heterocycles. The summed E-state index contributed by atoms with van der Waals surface area (Å²) < 4.78 is 0. The highest BCUT2D eigenvalue weighted by atomic mass is 35.5. The zero-order valence-electron chi connectivity index (χ0n) is 9.70. The summed E-state index contributed by atoms with van der Waals surface area (Å²) in [4.78, 5) is 3.94. The molecule has 3 heteroatoms. The van der Waals surface area contributed by atoms with E-state index in [1.807, 2.05) is 0 Å². The first-order chi connectivity index (χ1) is 7.38. The van der Waals surface area contributed by atoms with E-state index in [4.69, 9.17) is 0 Å². The minimum atomic E-state index is 0. The van der Waals surface area contributed by atoms with Gasteiger partial charge in [0.05, 0.1) is 12.7 Å². The summed E-state index contributed by atoms with van der Waals surface area (Å²) in [6.07, 6.45) is 5.62. The van der Waals surface area contributed by atoms with Gasteiger partial charge in [-0.25, -0.2) is 0 Å². The standard InChI is InChI=1S/C13H18N2.ClH/c1-2-14-10-11-15(12-14)9-8-13-6-4-3-5-7-13;/h3-7,10-11H,2,8-9,12H2,1H3;1H. The summed E-state index contributed by atoms with van der Waals surface area (Å²) in [5.41, 5.74) is 1.43. The van der Waals surface area contributed by atoms with Crippen LogP contribution >= 0.6 is 0 Å². The van der Waals surface area contributed by atoms with Gasteiger partial charge >= 0.3 is 0 Å². The number of nitrogens with one attached hydrogen (secondary N) is 1. The Labute approximate surface area is 104 Å². The van der Waals surface area contributed by atoms with Crippen molar-refractivity contribution in [2.75, 3.05) is 19.8 Å². The van der Waals surface area contributed by atoms with Crippen LogP contribution in [-0.2, 0) is 6.42 Å². The number of halogens is 1. The largest absolute Gasteiger partial charge is 1.00 e. The van der Waals surface area contributed by atoms with E-state index in [2.05, 4.69) is 54.6 Å². The van der Waals surface area contributed by atoms with Gasteiger partial charge < -0.3 is 17.3 Å². The number of nitrogens with zero attached hydrogens (tertiary/aromatic N) is 1. The van der Waals surface area contributed by atoms with Gasteiger partial charge in [-0.1, -0.05) is 30.3 Å². The zero-order chi connectivity index (χ0) is 10.5. The maximum Gasteiger partial charge on any atom is 0.156 e. The van der Waals surface area contributed by atoms with Crippen LogP contribution in [0.4, 0.5) is 0 Å². The predicted octanol–water partition coefficient (Wildman–Crippen LogP) is -2.12. The third kappa shape index (κ3) is 3.54. The molecule has 1 aromatic carbocycles. The molecule has 0 radical (unpaired) electrons. The Kier molecular flexibility index (Phi) is 5.36. The van der Waals surface area contributed by atoms with Crippen LogP contribution in [0.25, 0.3) is 0 Å². The first-order valence-corrected chi connectivity index (χ1v) is 5.69. The van der Waals surface area contributed by atoms with Gasteiger partial charge in [-0.05, 0) is 18.9 Å². The zero-order valence-corrected chi connectivity index (χ0v) is 10.5. The number of hydrogen-bond donors (Lipinski definition) is 1. The smallest absolute Gasteiger partial charge is 0.156 e. The van der Waals surface area contributed by atoms with Crippen LogP contribution in [0, 0.1) is 0 Å². The van der Waals surface area contributed by atoms with Crippen LogP contribution in [-0.4, -0.2) is 24.7 Å². The molecule has 0 saturated heterocycles. The molecule has 0 spiro atoms. The molecule has 0 aromatic heterocycles. The van der Waals surface area contributed by atoms with Crippen molar-refractivity contribution in [3.63, 3.8) is 0 Å². The highest BCUT2D eigenvalue weighted by molar-refractivity contribution is 5.14. The van der Waals surface area contributed by atoms with Crippen molar-refractivity contribution in [1.29, 1.82) is 0 Å². The molecule has 1 unspecified atom stereocenters. The van der Waals surface area contributed by atoms with Crippen molar-refractivity contribution in [3.8, 4) is 0 Å².